The highest BCUT2D eigenvalue weighted by Gasteiger charge is 2.19. The number of aromatic amines is 1. The van der Waals surface area contributed by atoms with Crippen molar-refractivity contribution in [2.45, 2.75) is 44.7 Å². The van der Waals surface area contributed by atoms with E-state index in [0.29, 0.717) is 23.8 Å². The van der Waals surface area contributed by atoms with Gasteiger partial charge in [0, 0.05) is 6.04 Å². The Morgan fingerprint density at radius 1 is 1.30 bits per heavy atom. The van der Waals surface area contributed by atoms with Crippen LogP contribution in [0.4, 0.5) is 0 Å². The second-order valence-electron chi connectivity index (χ2n) is 7.69. The molecular formula is C20H30N5OS+. The van der Waals surface area contributed by atoms with Crippen molar-refractivity contribution < 1.29 is 4.90 Å². The summed E-state index contributed by atoms with van der Waals surface area (Å²) in [4.78, 5) is 23.4. The van der Waals surface area contributed by atoms with E-state index in [1.807, 2.05) is 18.2 Å². The number of aromatic nitrogens is 2. The van der Waals surface area contributed by atoms with Gasteiger partial charge >= 0.3 is 0 Å². The monoisotopic (exact) mass is 388 g/mol. The Kier molecular flexibility index (Phi) is 6.79. The van der Waals surface area contributed by atoms with E-state index < -0.39 is 0 Å². The van der Waals surface area contributed by atoms with Gasteiger partial charge in [0.25, 0.3) is 5.56 Å². The third-order valence-electron chi connectivity index (χ3n) is 5.10. The number of quaternary nitrogens is 1. The predicted molar refractivity (Wildman–Crippen MR) is 113 cm³/mol. The molecule has 0 aliphatic heterocycles. The zero-order valence-electron chi connectivity index (χ0n) is 16.3. The fourth-order valence-corrected chi connectivity index (χ4v) is 3.84. The number of para-hydroxylation sites is 1. The molecular weight excluding hydrogens is 358 g/mol. The molecule has 2 aromatic rings. The van der Waals surface area contributed by atoms with Gasteiger partial charge in [-0.2, -0.15) is 0 Å². The third-order valence-corrected chi connectivity index (χ3v) is 5.48. The van der Waals surface area contributed by atoms with Gasteiger partial charge < -0.3 is 20.1 Å². The Morgan fingerprint density at radius 3 is 2.78 bits per heavy atom. The molecule has 1 aliphatic carbocycles. The van der Waals surface area contributed by atoms with E-state index in [1.165, 1.54) is 37.0 Å². The zero-order chi connectivity index (χ0) is 19.2. The standard InChI is InChI=1S/C20H29N5OS/c1-24(2)12-13-25(20(27)21-15-8-4-3-5-9-15)14-18-22-17-11-7-6-10-16(17)19(26)23-18/h6-7,10-11,15H,3-5,8-9,12-14H2,1-2H3,(H,21,27)(H,22,23,26)/p+1. The van der Waals surface area contributed by atoms with Gasteiger partial charge in [-0.15, -0.1) is 0 Å². The van der Waals surface area contributed by atoms with Gasteiger partial charge in [-0.3, -0.25) is 4.79 Å². The quantitative estimate of drug-likeness (QED) is 0.646. The lowest BCUT2D eigenvalue weighted by Crippen LogP contribution is -3.06. The molecule has 1 fully saturated rings. The average molecular weight is 389 g/mol. The third kappa shape index (κ3) is 5.49. The maximum Gasteiger partial charge on any atom is 0.258 e. The molecule has 6 nitrogen and oxygen atoms in total. The van der Waals surface area contributed by atoms with E-state index in [-0.39, 0.29) is 5.56 Å². The summed E-state index contributed by atoms with van der Waals surface area (Å²) in [6.45, 7) is 2.29. The first-order valence-corrected chi connectivity index (χ1v) is 10.3. The van der Waals surface area contributed by atoms with Gasteiger partial charge in [-0.1, -0.05) is 31.4 Å². The van der Waals surface area contributed by atoms with Crippen LogP contribution in [0.15, 0.2) is 29.1 Å². The average Bonchev–Trinajstić information content (AvgIpc) is 2.66. The van der Waals surface area contributed by atoms with Gasteiger partial charge in [0.1, 0.15) is 5.82 Å². The fourth-order valence-electron chi connectivity index (χ4n) is 3.51. The number of H-pyrrole nitrogens is 1. The Hall–Kier alpha value is -1.99. The van der Waals surface area contributed by atoms with Gasteiger partial charge in [0.15, 0.2) is 5.11 Å². The summed E-state index contributed by atoms with van der Waals surface area (Å²) in [5.41, 5.74) is 0.625. The van der Waals surface area contributed by atoms with Crippen LogP contribution in [0.2, 0.25) is 0 Å². The van der Waals surface area contributed by atoms with Crippen LogP contribution in [0.25, 0.3) is 10.9 Å². The Morgan fingerprint density at radius 2 is 2.04 bits per heavy atom. The molecule has 7 heteroatoms. The maximum atomic E-state index is 12.4. The lowest BCUT2D eigenvalue weighted by Gasteiger charge is -2.30. The van der Waals surface area contributed by atoms with Crippen LogP contribution in [0.5, 0.6) is 0 Å². The minimum Gasteiger partial charge on any atom is -0.360 e. The molecule has 0 radical (unpaired) electrons. The van der Waals surface area contributed by atoms with Crippen molar-refractivity contribution in [1.29, 1.82) is 0 Å². The van der Waals surface area contributed by atoms with E-state index >= 15 is 0 Å². The topological polar surface area (TPSA) is 65.5 Å². The number of nitrogens with zero attached hydrogens (tertiary/aromatic N) is 2. The summed E-state index contributed by atoms with van der Waals surface area (Å²) in [6, 6.07) is 7.90. The second kappa shape index (κ2) is 9.28. The van der Waals surface area contributed by atoms with E-state index in [0.717, 1.165) is 23.7 Å². The molecule has 146 valence electrons. The number of thiocarbonyl (C=S) groups is 1. The number of hydrogen-bond acceptors (Lipinski definition) is 3. The van der Waals surface area contributed by atoms with Gasteiger partial charge in [-0.05, 0) is 37.2 Å². The van der Waals surface area contributed by atoms with Crippen molar-refractivity contribution in [1.82, 2.24) is 20.2 Å². The van der Waals surface area contributed by atoms with Crippen molar-refractivity contribution in [3.63, 3.8) is 0 Å². The molecule has 0 atom stereocenters. The molecule has 0 saturated heterocycles. The Balaban J connectivity index is 1.76. The number of benzene rings is 1. The van der Waals surface area contributed by atoms with Crippen molar-refractivity contribution in [3.8, 4) is 0 Å². The van der Waals surface area contributed by atoms with Gasteiger partial charge in [-0.25, -0.2) is 4.98 Å². The van der Waals surface area contributed by atoms with Crippen molar-refractivity contribution >= 4 is 28.2 Å². The minimum atomic E-state index is -0.0973. The van der Waals surface area contributed by atoms with Crippen LogP contribution in [0.3, 0.4) is 0 Å². The Labute approximate surface area is 166 Å². The number of nitrogens with one attached hydrogen (secondary N) is 3. The summed E-state index contributed by atoms with van der Waals surface area (Å²) in [6.07, 6.45) is 6.21. The number of rotatable bonds is 6. The van der Waals surface area contributed by atoms with Crippen LogP contribution < -0.4 is 15.8 Å². The maximum absolute atomic E-state index is 12.4. The molecule has 3 rings (SSSR count). The first kappa shape index (κ1) is 19.8. The number of fused-ring (bicyclic) bond motifs is 1. The molecule has 0 spiro atoms. The minimum absolute atomic E-state index is 0.0973. The van der Waals surface area contributed by atoms with Crippen LogP contribution >= 0.6 is 12.2 Å². The number of likely N-dealkylation sites (N-methyl/N-ethyl adjacent to an activating group) is 1. The first-order chi connectivity index (χ1) is 13.0. The van der Waals surface area contributed by atoms with Crippen LogP contribution in [0, 0.1) is 0 Å². The highest BCUT2D eigenvalue weighted by Crippen LogP contribution is 2.17. The smallest absolute Gasteiger partial charge is 0.258 e. The summed E-state index contributed by atoms with van der Waals surface area (Å²) in [5, 5.41) is 4.92. The Bertz CT molecular complexity index is 828. The molecule has 0 unspecified atom stereocenters. The van der Waals surface area contributed by atoms with Crippen molar-refractivity contribution in [3.05, 3.63) is 40.4 Å². The highest BCUT2D eigenvalue weighted by atomic mass is 32.1. The van der Waals surface area contributed by atoms with Gasteiger partial charge in [0.05, 0.1) is 44.6 Å². The molecule has 27 heavy (non-hydrogen) atoms. The molecule has 1 aromatic heterocycles. The molecule has 3 N–H and O–H groups in total. The SMILES string of the molecule is C[NH+](C)CCN(Cc1nc2ccccc2c(=O)[nH]1)C(=S)NC1CCCCC1. The normalized spacial score (nSPS) is 15.2. The fraction of sp³-hybridized carbons (Fsp3) is 0.550. The largest absolute Gasteiger partial charge is 0.360 e. The van der Waals surface area contributed by atoms with Crippen LogP contribution in [0.1, 0.15) is 37.9 Å². The lowest BCUT2D eigenvalue weighted by atomic mass is 9.96. The second-order valence-corrected chi connectivity index (χ2v) is 8.08. The summed E-state index contributed by atoms with van der Waals surface area (Å²) in [5.74, 6) is 0.653. The van der Waals surface area contributed by atoms with Crippen LogP contribution in [-0.2, 0) is 6.54 Å². The van der Waals surface area contributed by atoms with Crippen LogP contribution in [-0.4, -0.2) is 53.2 Å². The first-order valence-electron chi connectivity index (χ1n) is 9.85. The zero-order valence-corrected chi connectivity index (χ0v) is 17.1. The van der Waals surface area contributed by atoms with E-state index in [9.17, 15) is 4.79 Å². The highest BCUT2D eigenvalue weighted by molar-refractivity contribution is 7.80. The van der Waals surface area contributed by atoms with Gasteiger partial charge in [0.2, 0.25) is 0 Å². The van der Waals surface area contributed by atoms with E-state index in [1.54, 1.807) is 6.07 Å². The van der Waals surface area contributed by atoms with E-state index in [2.05, 4.69) is 34.3 Å². The summed E-state index contributed by atoms with van der Waals surface area (Å²) in [7, 11) is 4.26. The summed E-state index contributed by atoms with van der Waals surface area (Å²) < 4.78 is 0. The molecule has 0 amide bonds. The molecule has 1 aliphatic rings. The predicted octanol–water partition coefficient (Wildman–Crippen LogP) is 1.08. The van der Waals surface area contributed by atoms with E-state index in [4.69, 9.17) is 12.2 Å². The molecule has 0 bridgehead atoms. The molecule has 1 aromatic carbocycles. The lowest BCUT2D eigenvalue weighted by molar-refractivity contribution is -0.857. The summed E-state index contributed by atoms with van der Waals surface area (Å²) >= 11 is 5.72. The van der Waals surface area contributed by atoms with Crippen molar-refractivity contribution in [2.24, 2.45) is 0 Å². The van der Waals surface area contributed by atoms with Crippen molar-refractivity contribution in [2.75, 3.05) is 27.2 Å². The number of hydrogen-bond donors (Lipinski definition) is 3. The molecule has 1 saturated carbocycles. The molecule has 1 heterocycles.